The number of sulfonamides is 1. The van der Waals surface area contributed by atoms with Crippen LogP contribution in [-0.4, -0.2) is 74.0 Å². The second-order valence-electron chi connectivity index (χ2n) is 6.99. The number of hydrogen-bond acceptors (Lipinski definition) is 8. The van der Waals surface area contributed by atoms with Crippen molar-refractivity contribution in [3.05, 3.63) is 42.2 Å². The Hall–Kier alpha value is -2.76. The molecule has 0 fully saturated rings. The Labute approximate surface area is 176 Å². The molecule has 10 nitrogen and oxygen atoms in total. The molecule has 3 rings (SSSR count). The summed E-state index contributed by atoms with van der Waals surface area (Å²) >= 11 is 0. The van der Waals surface area contributed by atoms with Crippen molar-refractivity contribution in [1.82, 2.24) is 29.4 Å². The van der Waals surface area contributed by atoms with Gasteiger partial charge in [0.25, 0.3) is 0 Å². The van der Waals surface area contributed by atoms with Crippen LogP contribution in [0.3, 0.4) is 0 Å². The number of anilines is 1. The maximum Gasteiger partial charge on any atom is 0.244 e. The number of ether oxygens (including phenoxy) is 1. The van der Waals surface area contributed by atoms with Crippen molar-refractivity contribution < 1.29 is 13.2 Å². The van der Waals surface area contributed by atoms with Crippen molar-refractivity contribution in [2.75, 3.05) is 46.2 Å². The third kappa shape index (κ3) is 5.43. The molecule has 0 amide bonds. The van der Waals surface area contributed by atoms with E-state index in [2.05, 4.69) is 30.2 Å². The van der Waals surface area contributed by atoms with E-state index in [-0.39, 0.29) is 11.4 Å². The predicted octanol–water partition coefficient (Wildman–Crippen LogP) is 1.02. The zero-order chi connectivity index (χ0) is 21.6. The van der Waals surface area contributed by atoms with Crippen LogP contribution >= 0.6 is 0 Å². The van der Waals surface area contributed by atoms with Gasteiger partial charge < -0.3 is 15.0 Å². The van der Waals surface area contributed by atoms with Crippen LogP contribution in [0, 0.1) is 0 Å². The van der Waals surface area contributed by atoms with Crippen molar-refractivity contribution in [2.24, 2.45) is 0 Å². The van der Waals surface area contributed by atoms with Gasteiger partial charge in [0.05, 0.1) is 7.11 Å². The summed E-state index contributed by atoms with van der Waals surface area (Å²) in [6.45, 7) is 1.94. The maximum atomic E-state index is 12.6. The van der Waals surface area contributed by atoms with E-state index < -0.39 is 10.0 Å². The molecule has 0 aliphatic heterocycles. The van der Waals surface area contributed by atoms with Gasteiger partial charge in [0.1, 0.15) is 16.5 Å². The molecule has 0 aliphatic carbocycles. The minimum Gasteiger partial charge on any atom is -0.495 e. The lowest BCUT2D eigenvalue weighted by Gasteiger charge is -2.11. The molecule has 0 aliphatic rings. The normalized spacial score (nSPS) is 11.9. The number of fused-ring (bicyclic) bond motifs is 1. The highest BCUT2D eigenvalue weighted by molar-refractivity contribution is 7.89. The number of benzene rings is 1. The Balaban J connectivity index is 1.64. The monoisotopic (exact) mass is 433 g/mol. The number of nitrogens with zero attached hydrogens (tertiary/aromatic N) is 5. The molecule has 0 spiro atoms. The molecule has 1 aromatic carbocycles. The van der Waals surface area contributed by atoms with Gasteiger partial charge in [-0.3, -0.25) is 0 Å². The fraction of sp³-hybridized carbons (Fsp3) is 0.421. The van der Waals surface area contributed by atoms with Crippen LogP contribution in [0.15, 0.2) is 41.3 Å². The van der Waals surface area contributed by atoms with Crippen molar-refractivity contribution in [3.63, 3.8) is 0 Å². The molecule has 2 aromatic heterocycles. The summed E-state index contributed by atoms with van der Waals surface area (Å²) in [5.74, 6) is 1.59. The third-order valence-electron chi connectivity index (χ3n) is 4.41. The molecular weight excluding hydrogens is 406 g/mol. The zero-order valence-corrected chi connectivity index (χ0v) is 18.2. The minimum atomic E-state index is -3.71. The third-order valence-corrected chi connectivity index (χ3v) is 5.92. The highest BCUT2D eigenvalue weighted by Crippen LogP contribution is 2.22. The van der Waals surface area contributed by atoms with E-state index in [1.807, 2.05) is 26.2 Å². The Morgan fingerprint density at radius 2 is 1.90 bits per heavy atom. The lowest BCUT2D eigenvalue weighted by Crippen LogP contribution is -2.27. The second-order valence-corrected chi connectivity index (χ2v) is 8.72. The first-order valence-electron chi connectivity index (χ1n) is 9.63. The molecule has 0 saturated heterocycles. The second kappa shape index (κ2) is 9.83. The standard InChI is InChI=1S/C19H27N7O3S/c1-25(2)14-6-12-20-17-9-10-18-22-23-19(26(18)24-17)11-13-21-30(27,28)16-8-5-4-7-15(16)29-3/h4-5,7-10,21H,6,11-14H2,1-3H3,(H,20,24). The SMILES string of the molecule is COc1ccccc1S(=O)(=O)NCCc1nnc2ccc(NCCCN(C)C)nn12. The van der Waals surface area contributed by atoms with Gasteiger partial charge >= 0.3 is 0 Å². The first-order chi connectivity index (χ1) is 14.4. The number of para-hydroxylation sites is 1. The molecule has 30 heavy (non-hydrogen) atoms. The summed E-state index contributed by atoms with van der Waals surface area (Å²) in [6, 6.07) is 10.2. The fourth-order valence-corrected chi connectivity index (χ4v) is 4.11. The van der Waals surface area contributed by atoms with Crippen molar-refractivity contribution >= 4 is 21.5 Å². The lowest BCUT2D eigenvalue weighted by molar-refractivity contribution is 0.402. The number of aromatic nitrogens is 4. The van der Waals surface area contributed by atoms with Crippen molar-refractivity contribution in [3.8, 4) is 5.75 Å². The molecule has 2 N–H and O–H groups in total. The Bertz CT molecular complexity index is 1080. The van der Waals surface area contributed by atoms with E-state index >= 15 is 0 Å². The Kier molecular flexibility index (Phi) is 7.19. The smallest absolute Gasteiger partial charge is 0.244 e. The topological polar surface area (TPSA) is 114 Å². The van der Waals surface area contributed by atoms with Crippen LogP contribution in [0.2, 0.25) is 0 Å². The van der Waals surface area contributed by atoms with E-state index in [1.165, 1.54) is 13.2 Å². The van der Waals surface area contributed by atoms with Crippen molar-refractivity contribution in [1.29, 1.82) is 0 Å². The van der Waals surface area contributed by atoms with Crippen LogP contribution in [-0.2, 0) is 16.4 Å². The average Bonchev–Trinajstić information content (AvgIpc) is 3.13. The largest absolute Gasteiger partial charge is 0.495 e. The van der Waals surface area contributed by atoms with Crippen molar-refractivity contribution in [2.45, 2.75) is 17.7 Å². The highest BCUT2D eigenvalue weighted by Gasteiger charge is 2.19. The first kappa shape index (κ1) is 21.9. The van der Waals surface area contributed by atoms with E-state index in [9.17, 15) is 8.42 Å². The fourth-order valence-electron chi connectivity index (χ4n) is 2.91. The Morgan fingerprint density at radius 1 is 1.10 bits per heavy atom. The van der Waals surface area contributed by atoms with E-state index in [1.54, 1.807) is 22.7 Å². The summed E-state index contributed by atoms with van der Waals surface area (Å²) in [6.07, 6.45) is 1.33. The van der Waals surface area contributed by atoms with Gasteiger partial charge in [-0.1, -0.05) is 12.1 Å². The number of methoxy groups -OCH3 is 1. The minimum absolute atomic E-state index is 0.0981. The Morgan fingerprint density at radius 3 is 2.67 bits per heavy atom. The molecule has 11 heteroatoms. The zero-order valence-electron chi connectivity index (χ0n) is 17.4. The van der Waals surface area contributed by atoms with Gasteiger partial charge in [-0.2, -0.15) is 4.52 Å². The van der Waals surface area contributed by atoms with Gasteiger partial charge in [-0.05, 0) is 51.3 Å². The van der Waals surface area contributed by atoms with Gasteiger partial charge in [0.15, 0.2) is 11.5 Å². The van der Waals surface area contributed by atoms with E-state index in [4.69, 9.17) is 4.74 Å². The van der Waals surface area contributed by atoms with Crippen LogP contribution in [0.4, 0.5) is 5.82 Å². The van der Waals surface area contributed by atoms with Gasteiger partial charge in [-0.25, -0.2) is 13.1 Å². The van der Waals surface area contributed by atoms with Crippen LogP contribution in [0.1, 0.15) is 12.2 Å². The predicted molar refractivity (Wildman–Crippen MR) is 114 cm³/mol. The number of hydrogen-bond donors (Lipinski definition) is 2. The van der Waals surface area contributed by atoms with E-state index in [0.717, 1.165) is 25.3 Å². The lowest BCUT2D eigenvalue weighted by atomic mass is 10.3. The van der Waals surface area contributed by atoms with Gasteiger partial charge in [0.2, 0.25) is 10.0 Å². The molecule has 0 saturated carbocycles. The van der Waals surface area contributed by atoms with Gasteiger partial charge in [0, 0.05) is 19.5 Å². The molecule has 2 heterocycles. The van der Waals surface area contributed by atoms with Gasteiger partial charge in [-0.15, -0.1) is 15.3 Å². The first-order valence-corrected chi connectivity index (χ1v) is 11.1. The molecule has 0 radical (unpaired) electrons. The maximum absolute atomic E-state index is 12.6. The summed E-state index contributed by atoms with van der Waals surface area (Å²) in [5.41, 5.74) is 0.608. The summed E-state index contributed by atoms with van der Waals surface area (Å²) in [7, 11) is 1.81. The number of rotatable bonds is 11. The molecular formula is C19H27N7O3S. The van der Waals surface area contributed by atoms with E-state index in [0.29, 0.717) is 23.6 Å². The van der Waals surface area contributed by atoms with Crippen LogP contribution in [0.25, 0.3) is 5.65 Å². The number of nitrogens with one attached hydrogen (secondary N) is 2. The van der Waals surface area contributed by atoms with Crippen LogP contribution < -0.4 is 14.8 Å². The molecule has 3 aromatic rings. The molecule has 162 valence electrons. The average molecular weight is 434 g/mol. The highest BCUT2D eigenvalue weighted by atomic mass is 32.2. The summed E-state index contributed by atoms with van der Waals surface area (Å²) in [5, 5.41) is 16.0. The molecule has 0 atom stereocenters. The summed E-state index contributed by atoms with van der Waals surface area (Å²) in [4.78, 5) is 2.23. The molecule has 0 unspecified atom stereocenters. The van der Waals surface area contributed by atoms with Crippen LogP contribution in [0.5, 0.6) is 5.75 Å². The molecule has 0 bridgehead atoms. The summed E-state index contributed by atoms with van der Waals surface area (Å²) < 4.78 is 34.5. The quantitative estimate of drug-likeness (QED) is 0.431.